The summed E-state index contributed by atoms with van der Waals surface area (Å²) in [6.07, 6.45) is 1.25. The number of benzene rings is 1. The van der Waals surface area contributed by atoms with E-state index in [9.17, 15) is 4.79 Å². The maximum atomic E-state index is 12.3. The van der Waals surface area contributed by atoms with Crippen molar-refractivity contribution in [2.24, 2.45) is 16.3 Å². The van der Waals surface area contributed by atoms with Crippen molar-refractivity contribution in [2.75, 3.05) is 5.32 Å². The zero-order valence-electron chi connectivity index (χ0n) is 11.4. The summed E-state index contributed by atoms with van der Waals surface area (Å²) in [6.45, 7) is 5.93. The third kappa shape index (κ3) is 2.28. The molecule has 4 N–H and O–H groups in total. The smallest absolute Gasteiger partial charge is 0.238 e. The third-order valence-corrected chi connectivity index (χ3v) is 3.70. The van der Waals surface area contributed by atoms with Crippen LogP contribution in [0.1, 0.15) is 29.5 Å². The number of amidine groups is 1. The van der Waals surface area contributed by atoms with Gasteiger partial charge in [0.05, 0.1) is 0 Å². The molecule has 1 saturated carbocycles. The van der Waals surface area contributed by atoms with Gasteiger partial charge in [-0.2, -0.15) is 0 Å². The number of carbonyl (C=O) groups is 1. The van der Waals surface area contributed by atoms with Crippen LogP contribution in [0.3, 0.4) is 0 Å². The zero-order chi connectivity index (χ0) is 14.2. The Hall–Kier alpha value is -2.04. The number of nitrogens with one attached hydrogen (secondary N) is 1. The normalized spacial score (nSPS) is 17.1. The molecule has 0 heterocycles. The highest BCUT2D eigenvalue weighted by molar-refractivity contribution is 6.14. The maximum absolute atomic E-state index is 12.3. The number of rotatable bonds is 3. The van der Waals surface area contributed by atoms with E-state index in [0.29, 0.717) is 12.8 Å². The number of nitrogens with zero attached hydrogens (tertiary/aromatic N) is 1. The van der Waals surface area contributed by atoms with E-state index >= 15 is 0 Å². The molecule has 19 heavy (non-hydrogen) atoms. The first kappa shape index (κ1) is 13.4. The number of hydrogen-bond acceptors (Lipinski definition) is 3. The highest BCUT2D eigenvalue weighted by Crippen LogP contribution is 2.47. The number of carbonyl (C=O) groups excluding carboxylic acids is 1. The molecule has 1 amide bonds. The minimum absolute atomic E-state index is 0.00702. The summed E-state index contributed by atoms with van der Waals surface area (Å²) in [5.41, 5.74) is 8.79. The highest BCUT2D eigenvalue weighted by Gasteiger charge is 2.54. The van der Waals surface area contributed by atoms with Crippen LogP contribution >= 0.6 is 0 Å². The molecule has 1 aliphatic carbocycles. The highest BCUT2D eigenvalue weighted by atomic mass is 16.4. The molecule has 1 aliphatic rings. The van der Waals surface area contributed by atoms with Crippen LogP contribution in [0.5, 0.6) is 0 Å². The summed E-state index contributed by atoms with van der Waals surface area (Å²) in [4.78, 5) is 12.3. The van der Waals surface area contributed by atoms with E-state index in [-0.39, 0.29) is 11.7 Å². The van der Waals surface area contributed by atoms with Crippen LogP contribution < -0.4 is 11.1 Å². The summed E-state index contributed by atoms with van der Waals surface area (Å²) in [5, 5.41) is 14.6. The Morgan fingerprint density at radius 2 is 1.84 bits per heavy atom. The van der Waals surface area contributed by atoms with Gasteiger partial charge in [-0.15, -0.1) is 0 Å². The van der Waals surface area contributed by atoms with Gasteiger partial charge in [0.1, 0.15) is 5.41 Å². The lowest BCUT2D eigenvalue weighted by Gasteiger charge is -2.17. The summed E-state index contributed by atoms with van der Waals surface area (Å²) in [6, 6.07) is 4.04. The Kier molecular flexibility index (Phi) is 3.22. The quantitative estimate of drug-likeness (QED) is 0.337. The fourth-order valence-electron chi connectivity index (χ4n) is 2.43. The van der Waals surface area contributed by atoms with Gasteiger partial charge in [-0.05, 0) is 44.7 Å². The number of oxime groups is 1. The van der Waals surface area contributed by atoms with E-state index in [1.807, 2.05) is 32.9 Å². The minimum Gasteiger partial charge on any atom is -0.409 e. The molecule has 102 valence electrons. The molecule has 1 aromatic carbocycles. The van der Waals surface area contributed by atoms with Gasteiger partial charge in [-0.3, -0.25) is 4.79 Å². The Labute approximate surface area is 112 Å². The molecular weight excluding hydrogens is 242 g/mol. The van der Waals surface area contributed by atoms with Crippen molar-refractivity contribution in [3.05, 3.63) is 28.8 Å². The molecule has 1 aromatic rings. The molecule has 0 bridgehead atoms. The Balaban J connectivity index is 2.26. The van der Waals surface area contributed by atoms with Gasteiger partial charge < -0.3 is 16.3 Å². The second-order valence-corrected chi connectivity index (χ2v) is 5.30. The first-order chi connectivity index (χ1) is 8.90. The van der Waals surface area contributed by atoms with Gasteiger partial charge in [0.2, 0.25) is 5.91 Å². The summed E-state index contributed by atoms with van der Waals surface area (Å²) >= 11 is 0. The molecule has 0 radical (unpaired) electrons. The topological polar surface area (TPSA) is 87.7 Å². The Morgan fingerprint density at radius 1 is 1.32 bits per heavy atom. The van der Waals surface area contributed by atoms with Gasteiger partial charge >= 0.3 is 0 Å². The second-order valence-electron chi connectivity index (χ2n) is 5.30. The van der Waals surface area contributed by atoms with Gasteiger partial charge in [0.15, 0.2) is 5.84 Å². The van der Waals surface area contributed by atoms with E-state index < -0.39 is 5.41 Å². The number of nitrogens with two attached hydrogens (primary N) is 1. The fraction of sp³-hybridized carbons (Fsp3) is 0.429. The van der Waals surface area contributed by atoms with Crippen LogP contribution in [-0.2, 0) is 4.79 Å². The lowest BCUT2D eigenvalue weighted by atomic mass is 10.0. The van der Waals surface area contributed by atoms with Crippen molar-refractivity contribution in [1.82, 2.24) is 0 Å². The molecule has 0 spiro atoms. The Bertz CT molecular complexity index is 537. The summed E-state index contributed by atoms with van der Waals surface area (Å²) in [5.74, 6) is -0.203. The van der Waals surface area contributed by atoms with Gasteiger partial charge in [-0.25, -0.2) is 0 Å². The number of aryl methyl sites for hydroxylation is 3. The van der Waals surface area contributed by atoms with Crippen LogP contribution in [0.15, 0.2) is 17.3 Å². The summed E-state index contributed by atoms with van der Waals surface area (Å²) < 4.78 is 0. The molecule has 1 fully saturated rings. The predicted molar refractivity (Wildman–Crippen MR) is 74.4 cm³/mol. The van der Waals surface area contributed by atoms with E-state index in [1.165, 1.54) is 0 Å². The Morgan fingerprint density at radius 3 is 2.26 bits per heavy atom. The second kappa shape index (κ2) is 4.57. The van der Waals surface area contributed by atoms with Crippen molar-refractivity contribution >= 4 is 17.4 Å². The number of amides is 1. The van der Waals surface area contributed by atoms with Crippen LogP contribution in [0.25, 0.3) is 0 Å². The molecule has 2 rings (SSSR count). The van der Waals surface area contributed by atoms with Gasteiger partial charge in [0.25, 0.3) is 0 Å². The lowest BCUT2D eigenvalue weighted by Crippen LogP contribution is -2.36. The maximum Gasteiger partial charge on any atom is 0.238 e. The molecule has 0 aromatic heterocycles. The molecule has 0 aliphatic heterocycles. The van der Waals surface area contributed by atoms with Gasteiger partial charge in [-0.1, -0.05) is 22.9 Å². The fourth-order valence-corrected chi connectivity index (χ4v) is 2.43. The first-order valence-corrected chi connectivity index (χ1v) is 6.28. The lowest BCUT2D eigenvalue weighted by molar-refractivity contribution is -0.119. The van der Waals surface area contributed by atoms with Crippen LogP contribution in [-0.4, -0.2) is 17.0 Å². The molecule has 0 atom stereocenters. The van der Waals surface area contributed by atoms with Crippen molar-refractivity contribution < 1.29 is 10.0 Å². The molecule has 0 saturated heterocycles. The molecular formula is C14H19N3O2. The van der Waals surface area contributed by atoms with E-state index in [1.54, 1.807) is 0 Å². The number of anilines is 1. The van der Waals surface area contributed by atoms with Crippen LogP contribution in [0, 0.1) is 26.2 Å². The van der Waals surface area contributed by atoms with Crippen LogP contribution in [0.4, 0.5) is 5.69 Å². The molecule has 0 unspecified atom stereocenters. The van der Waals surface area contributed by atoms with Crippen molar-refractivity contribution in [2.45, 2.75) is 33.6 Å². The zero-order valence-corrected chi connectivity index (χ0v) is 11.4. The average molecular weight is 261 g/mol. The monoisotopic (exact) mass is 261 g/mol. The average Bonchev–Trinajstić information content (AvgIpc) is 3.13. The third-order valence-electron chi connectivity index (χ3n) is 3.70. The van der Waals surface area contributed by atoms with Crippen molar-refractivity contribution in [3.63, 3.8) is 0 Å². The standard InChI is InChI=1S/C14H19N3O2/c1-8-6-9(2)11(10(3)7-8)16-13(18)14(4-5-14)12(15)17-19/h6-7,19H,4-5H2,1-3H3,(H2,15,17)(H,16,18). The first-order valence-electron chi connectivity index (χ1n) is 6.28. The minimum atomic E-state index is -0.821. The van der Waals surface area contributed by atoms with Crippen molar-refractivity contribution in [1.29, 1.82) is 0 Å². The van der Waals surface area contributed by atoms with E-state index in [4.69, 9.17) is 10.9 Å². The number of hydrogen-bond donors (Lipinski definition) is 3. The van der Waals surface area contributed by atoms with Crippen LogP contribution in [0.2, 0.25) is 0 Å². The van der Waals surface area contributed by atoms with Gasteiger partial charge in [0, 0.05) is 5.69 Å². The summed E-state index contributed by atoms with van der Waals surface area (Å²) in [7, 11) is 0. The largest absolute Gasteiger partial charge is 0.409 e. The predicted octanol–water partition coefficient (Wildman–Crippen LogP) is 2.08. The van der Waals surface area contributed by atoms with E-state index in [0.717, 1.165) is 22.4 Å². The van der Waals surface area contributed by atoms with E-state index in [2.05, 4.69) is 10.5 Å². The van der Waals surface area contributed by atoms with Crippen molar-refractivity contribution in [3.8, 4) is 0 Å². The molecule has 5 nitrogen and oxygen atoms in total. The molecule has 5 heteroatoms. The SMILES string of the molecule is Cc1cc(C)c(NC(=O)C2(/C(N)=N/O)CC2)c(C)c1.